The normalized spacial score (nSPS) is 19.9. The van der Waals surface area contributed by atoms with E-state index in [1.807, 2.05) is 19.2 Å². The highest BCUT2D eigenvalue weighted by atomic mass is 15.5. The lowest BCUT2D eigenvalue weighted by Crippen LogP contribution is -2.06. The third kappa shape index (κ3) is 1.51. The van der Waals surface area contributed by atoms with Crippen LogP contribution in [0.3, 0.4) is 0 Å². The summed E-state index contributed by atoms with van der Waals surface area (Å²) in [6.45, 7) is 4.03. The average Bonchev–Trinajstić information content (AvgIpc) is 2.65. The highest BCUT2D eigenvalue weighted by molar-refractivity contribution is 5.61. The van der Waals surface area contributed by atoms with E-state index in [1.165, 1.54) is 0 Å². The Morgan fingerprint density at radius 2 is 2.43 bits per heavy atom. The van der Waals surface area contributed by atoms with Crippen molar-refractivity contribution < 1.29 is 0 Å². The number of hydrogen-bond acceptors (Lipinski definition) is 3. The Balaban J connectivity index is 2.20. The first-order valence-corrected chi connectivity index (χ1v) is 4.54. The van der Waals surface area contributed by atoms with Crippen LogP contribution in [0.15, 0.2) is 30.9 Å². The third-order valence-electron chi connectivity index (χ3n) is 2.34. The molecule has 2 rings (SSSR count). The van der Waals surface area contributed by atoms with Crippen molar-refractivity contribution in [3.8, 4) is 0 Å². The van der Waals surface area contributed by atoms with E-state index in [0.29, 0.717) is 5.92 Å². The number of tetrazole rings is 1. The lowest BCUT2D eigenvalue weighted by atomic mass is 9.93. The number of rotatable bonds is 2. The standard InChI is InChI=1S/C10H12N4/c1-8(9-6-4-3-5-7-9)10-11-12-13-14(10)2/h3-6,9H,1,7H2,2H3. The van der Waals surface area contributed by atoms with Crippen LogP contribution < -0.4 is 0 Å². The van der Waals surface area contributed by atoms with Gasteiger partial charge in [0.15, 0.2) is 5.82 Å². The molecular weight excluding hydrogens is 176 g/mol. The van der Waals surface area contributed by atoms with Crippen molar-refractivity contribution >= 4 is 5.57 Å². The van der Waals surface area contributed by atoms with Gasteiger partial charge in [-0.3, -0.25) is 0 Å². The Kier molecular flexibility index (Phi) is 2.26. The lowest BCUT2D eigenvalue weighted by Gasteiger charge is -2.14. The van der Waals surface area contributed by atoms with Crippen molar-refractivity contribution in [1.29, 1.82) is 0 Å². The fraction of sp³-hybridized carbons (Fsp3) is 0.300. The Morgan fingerprint density at radius 1 is 1.57 bits per heavy atom. The van der Waals surface area contributed by atoms with Gasteiger partial charge >= 0.3 is 0 Å². The fourth-order valence-corrected chi connectivity index (χ4v) is 1.51. The lowest BCUT2D eigenvalue weighted by molar-refractivity contribution is 0.697. The molecule has 0 spiro atoms. The fourth-order valence-electron chi connectivity index (χ4n) is 1.51. The van der Waals surface area contributed by atoms with Gasteiger partial charge in [-0.05, 0) is 22.4 Å². The van der Waals surface area contributed by atoms with E-state index in [4.69, 9.17) is 0 Å². The quantitative estimate of drug-likeness (QED) is 0.703. The van der Waals surface area contributed by atoms with Crippen molar-refractivity contribution in [3.63, 3.8) is 0 Å². The number of nitrogens with zero attached hydrogens (tertiary/aromatic N) is 4. The molecule has 1 aliphatic carbocycles. The van der Waals surface area contributed by atoms with E-state index in [1.54, 1.807) is 4.68 Å². The van der Waals surface area contributed by atoms with Gasteiger partial charge in [0.2, 0.25) is 0 Å². The molecular formula is C10H12N4. The smallest absolute Gasteiger partial charge is 0.177 e. The molecule has 4 nitrogen and oxygen atoms in total. The molecule has 1 heterocycles. The van der Waals surface area contributed by atoms with Crippen LogP contribution in [-0.4, -0.2) is 20.2 Å². The topological polar surface area (TPSA) is 43.6 Å². The number of aryl methyl sites for hydroxylation is 1. The van der Waals surface area contributed by atoms with Crippen LogP contribution in [0.1, 0.15) is 12.2 Å². The van der Waals surface area contributed by atoms with Crippen molar-refractivity contribution in [3.05, 3.63) is 36.7 Å². The predicted molar refractivity (Wildman–Crippen MR) is 54.2 cm³/mol. The summed E-state index contributed by atoms with van der Waals surface area (Å²) in [5, 5.41) is 11.3. The minimum Gasteiger partial charge on any atom is -0.229 e. The van der Waals surface area contributed by atoms with Crippen molar-refractivity contribution in [2.45, 2.75) is 6.42 Å². The van der Waals surface area contributed by atoms with E-state index in [-0.39, 0.29) is 0 Å². The SMILES string of the molecule is C=C(c1nnnn1C)C1C=CC=CC1. The first-order chi connectivity index (χ1) is 6.79. The molecule has 1 atom stereocenters. The summed E-state index contributed by atoms with van der Waals surface area (Å²) in [6.07, 6.45) is 9.29. The Labute approximate surface area is 82.6 Å². The van der Waals surface area contributed by atoms with Gasteiger partial charge in [-0.1, -0.05) is 30.9 Å². The summed E-state index contributed by atoms with van der Waals surface area (Å²) in [4.78, 5) is 0. The molecule has 72 valence electrons. The maximum atomic E-state index is 4.03. The first kappa shape index (κ1) is 8.87. The highest BCUT2D eigenvalue weighted by Crippen LogP contribution is 2.25. The maximum absolute atomic E-state index is 4.03. The number of allylic oxidation sites excluding steroid dienone is 5. The Bertz CT molecular complexity index is 400. The summed E-state index contributed by atoms with van der Waals surface area (Å²) in [5.41, 5.74) is 0.970. The molecule has 0 amide bonds. The average molecular weight is 188 g/mol. The second-order valence-electron chi connectivity index (χ2n) is 3.31. The summed E-state index contributed by atoms with van der Waals surface area (Å²) in [5.74, 6) is 1.08. The van der Waals surface area contributed by atoms with Crippen molar-refractivity contribution in [2.75, 3.05) is 0 Å². The van der Waals surface area contributed by atoms with Crippen LogP contribution in [0.5, 0.6) is 0 Å². The van der Waals surface area contributed by atoms with Crippen LogP contribution in [-0.2, 0) is 7.05 Å². The van der Waals surface area contributed by atoms with Gasteiger partial charge in [0, 0.05) is 13.0 Å². The molecule has 4 heteroatoms. The van der Waals surface area contributed by atoms with Gasteiger partial charge in [0.1, 0.15) is 0 Å². The second-order valence-corrected chi connectivity index (χ2v) is 3.31. The molecule has 0 saturated heterocycles. The Morgan fingerprint density at radius 3 is 3.00 bits per heavy atom. The number of hydrogen-bond donors (Lipinski definition) is 0. The maximum Gasteiger partial charge on any atom is 0.177 e. The molecule has 1 aliphatic rings. The van der Waals surface area contributed by atoms with Crippen molar-refractivity contribution in [1.82, 2.24) is 20.2 Å². The molecule has 14 heavy (non-hydrogen) atoms. The van der Waals surface area contributed by atoms with Gasteiger partial charge in [0.05, 0.1) is 0 Å². The molecule has 1 unspecified atom stereocenters. The van der Waals surface area contributed by atoms with Crippen LogP contribution in [0.2, 0.25) is 0 Å². The number of aromatic nitrogens is 4. The highest BCUT2D eigenvalue weighted by Gasteiger charge is 2.15. The Hall–Kier alpha value is -1.71. The van der Waals surface area contributed by atoms with Crippen LogP contribution in [0.25, 0.3) is 5.57 Å². The molecule has 0 aliphatic heterocycles. The van der Waals surface area contributed by atoms with Gasteiger partial charge < -0.3 is 0 Å². The predicted octanol–water partition coefficient (Wildman–Crippen LogP) is 1.36. The van der Waals surface area contributed by atoms with Crippen LogP contribution in [0, 0.1) is 5.92 Å². The molecule has 0 fully saturated rings. The van der Waals surface area contributed by atoms with E-state index < -0.39 is 0 Å². The molecule has 1 aromatic rings. The van der Waals surface area contributed by atoms with Crippen molar-refractivity contribution in [2.24, 2.45) is 13.0 Å². The molecule has 0 radical (unpaired) electrons. The zero-order valence-corrected chi connectivity index (χ0v) is 8.09. The largest absolute Gasteiger partial charge is 0.229 e. The summed E-state index contributed by atoms with van der Waals surface area (Å²) in [6, 6.07) is 0. The van der Waals surface area contributed by atoms with E-state index >= 15 is 0 Å². The molecule has 0 saturated carbocycles. The molecule has 0 N–H and O–H groups in total. The van der Waals surface area contributed by atoms with Gasteiger partial charge in [-0.15, -0.1) is 5.10 Å². The second kappa shape index (κ2) is 3.57. The zero-order chi connectivity index (χ0) is 9.97. The zero-order valence-electron chi connectivity index (χ0n) is 8.09. The van der Waals surface area contributed by atoms with E-state index in [9.17, 15) is 0 Å². The van der Waals surface area contributed by atoms with Gasteiger partial charge in [0.25, 0.3) is 0 Å². The minimum atomic E-state index is 0.324. The summed E-state index contributed by atoms with van der Waals surface area (Å²) in [7, 11) is 1.82. The molecule has 0 aromatic carbocycles. The monoisotopic (exact) mass is 188 g/mol. The minimum absolute atomic E-state index is 0.324. The molecule has 1 aromatic heterocycles. The van der Waals surface area contributed by atoms with Gasteiger partial charge in [-0.25, -0.2) is 4.68 Å². The van der Waals surface area contributed by atoms with E-state index in [2.05, 4.69) is 34.3 Å². The molecule has 0 bridgehead atoms. The van der Waals surface area contributed by atoms with Crippen LogP contribution in [0.4, 0.5) is 0 Å². The summed E-state index contributed by atoms with van der Waals surface area (Å²) < 4.78 is 1.65. The van der Waals surface area contributed by atoms with E-state index in [0.717, 1.165) is 17.8 Å². The van der Waals surface area contributed by atoms with Crippen LogP contribution >= 0.6 is 0 Å². The first-order valence-electron chi connectivity index (χ1n) is 4.54. The third-order valence-corrected chi connectivity index (χ3v) is 2.34. The summed E-state index contributed by atoms with van der Waals surface area (Å²) >= 11 is 0. The van der Waals surface area contributed by atoms with Gasteiger partial charge in [-0.2, -0.15) is 0 Å².